The highest BCUT2D eigenvalue weighted by atomic mass is 35.5. The van der Waals surface area contributed by atoms with Crippen LogP contribution in [-0.2, 0) is 20.4 Å². The molecule has 2 N–H and O–H groups in total. The van der Waals surface area contributed by atoms with Gasteiger partial charge in [-0.3, -0.25) is 15.5 Å². The number of azo groups is 2. The number of hydrogen-bond donors (Lipinski definition) is 2. The first-order valence-corrected chi connectivity index (χ1v) is 15.9. The van der Waals surface area contributed by atoms with Gasteiger partial charge >= 0.3 is 20.4 Å². The summed E-state index contributed by atoms with van der Waals surface area (Å²) >= 11 is 6.01. The van der Waals surface area contributed by atoms with Crippen LogP contribution in [0.2, 0.25) is 5.02 Å². The fourth-order valence-electron chi connectivity index (χ4n) is 3.87. The zero-order valence-corrected chi connectivity index (χ0v) is 26.7. The predicted molar refractivity (Wildman–Crippen MR) is 167 cm³/mol. The zero-order chi connectivity index (χ0) is 34.5. The summed E-state index contributed by atoms with van der Waals surface area (Å²) in [7, 11) is -7.59. The van der Waals surface area contributed by atoms with E-state index in [4.69, 9.17) is 21.1 Å². The average molecular weight is 710 g/mol. The smallest absolute Gasteiger partial charge is 0.334 e. The van der Waals surface area contributed by atoms with Crippen LogP contribution in [0, 0.1) is 17.0 Å². The monoisotopic (exact) mass is 709 g/mol. The molecule has 0 heterocycles. The molecule has 0 fully saturated rings. The lowest BCUT2D eigenvalue weighted by molar-refractivity contribution is -0.384. The highest BCUT2D eigenvalue weighted by molar-refractivity contribution is 7.86. The van der Waals surface area contributed by atoms with Crippen molar-refractivity contribution in [3.05, 3.63) is 87.4 Å². The van der Waals surface area contributed by atoms with Gasteiger partial charge in [0, 0.05) is 24.3 Å². The molecule has 246 valence electrons. The SMILES string of the molecule is COc1cc(NNc2cccc(S(=O)(=O)F)c2)c(OC)cc1N=Nc1cc(S(=O)(=O)F)c(N=Nc2ccc([N+](=O)[O-])cc2Cl)cc1C. The summed E-state index contributed by atoms with van der Waals surface area (Å²) in [6.07, 6.45) is 0. The molecule has 4 rings (SSSR count). The Labute approximate surface area is 271 Å². The quantitative estimate of drug-likeness (QED) is 0.0625. The van der Waals surface area contributed by atoms with E-state index >= 15 is 0 Å². The molecule has 4 aromatic carbocycles. The van der Waals surface area contributed by atoms with Crippen molar-refractivity contribution in [2.75, 3.05) is 25.1 Å². The molecule has 0 spiro atoms. The van der Waals surface area contributed by atoms with Gasteiger partial charge in [0.2, 0.25) is 0 Å². The Morgan fingerprint density at radius 2 is 1.43 bits per heavy atom. The Hall–Kier alpha value is -5.27. The molecule has 0 amide bonds. The first-order chi connectivity index (χ1) is 22.1. The van der Waals surface area contributed by atoms with Crippen molar-refractivity contribution in [1.82, 2.24) is 0 Å². The maximum atomic E-state index is 14.3. The number of ether oxygens (including phenoxy) is 2. The molecule has 0 saturated heterocycles. The number of aryl methyl sites for hydroxylation is 1. The van der Waals surface area contributed by atoms with Gasteiger partial charge in [-0.2, -0.15) is 21.9 Å². The van der Waals surface area contributed by atoms with Crippen LogP contribution in [0.4, 0.5) is 47.6 Å². The van der Waals surface area contributed by atoms with Crippen LogP contribution in [-0.4, -0.2) is 36.0 Å². The number of nitrogens with zero attached hydrogens (tertiary/aromatic N) is 5. The zero-order valence-electron chi connectivity index (χ0n) is 24.3. The number of methoxy groups -OCH3 is 2. The summed E-state index contributed by atoms with van der Waals surface area (Å²) in [5.41, 5.74) is 5.67. The maximum absolute atomic E-state index is 14.3. The standard InChI is InChI=1S/C27H22ClF2N7O8S2/c1-15-9-24(36-32-20-8-7-17(37(38)39)11-19(20)28)27(47(30,42)43)14-21(15)33-35-23-13-25(44-2)22(12-26(23)45-3)34-31-16-5-4-6-18(10-16)46(29,40)41/h4-14,31,34H,1-3H3. The Morgan fingerprint density at radius 1 is 0.766 bits per heavy atom. The molecule has 4 aromatic rings. The van der Waals surface area contributed by atoms with E-state index < -0.39 is 40.8 Å². The minimum Gasteiger partial charge on any atom is -0.494 e. The van der Waals surface area contributed by atoms with Gasteiger partial charge in [-0.05, 0) is 48.9 Å². The molecule has 20 heteroatoms. The minimum atomic E-state index is -5.35. The number of nitrogens with one attached hydrogen (secondary N) is 2. The number of nitro benzene ring substituents is 1. The Bertz CT molecular complexity index is 2150. The van der Waals surface area contributed by atoms with E-state index in [0.29, 0.717) is 11.3 Å². The highest BCUT2D eigenvalue weighted by Gasteiger charge is 2.21. The topological polar surface area (TPSA) is 203 Å². The van der Waals surface area contributed by atoms with Gasteiger partial charge in [0.15, 0.2) is 0 Å². The number of nitro groups is 1. The molecule has 0 aliphatic carbocycles. The third-order valence-electron chi connectivity index (χ3n) is 6.17. The molecule has 0 bridgehead atoms. The van der Waals surface area contributed by atoms with E-state index in [9.17, 15) is 34.7 Å². The van der Waals surface area contributed by atoms with Crippen LogP contribution in [0.1, 0.15) is 5.56 Å². The van der Waals surface area contributed by atoms with Gasteiger partial charge in [-0.1, -0.05) is 17.7 Å². The lowest BCUT2D eigenvalue weighted by Gasteiger charge is -2.16. The molecule has 0 unspecified atom stereocenters. The summed E-state index contributed by atoms with van der Waals surface area (Å²) in [6, 6.07) is 13.3. The van der Waals surface area contributed by atoms with E-state index in [2.05, 4.69) is 31.3 Å². The summed E-state index contributed by atoms with van der Waals surface area (Å²) in [6.45, 7) is 1.53. The van der Waals surface area contributed by atoms with Gasteiger partial charge in [0.25, 0.3) is 5.69 Å². The van der Waals surface area contributed by atoms with Gasteiger partial charge in [-0.15, -0.1) is 23.1 Å². The van der Waals surface area contributed by atoms with Gasteiger partial charge in [0.05, 0.1) is 41.2 Å². The fraction of sp³-hybridized carbons (Fsp3) is 0.111. The third-order valence-corrected chi connectivity index (χ3v) is 8.14. The molecule has 0 radical (unpaired) electrons. The van der Waals surface area contributed by atoms with Crippen LogP contribution in [0.15, 0.2) is 97.0 Å². The molecular weight excluding hydrogens is 688 g/mol. The molecule has 15 nitrogen and oxygen atoms in total. The summed E-state index contributed by atoms with van der Waals surface area (Å²) in [5, 5.41) is 26.6. The fourth-order valence-corrected chi connectivity index (χ4v) is 5.20. The van der Waals surface area contributed by atoms with E-state index in [0.717, 1.165) is 30.3 Å². The van der Waals surface area contributed by atoms with Crippen LogP contribution >= 0.6 is 11.6 Å². The predicted octanol–water partition coefficient (Wildman–Crippen LogP) is 8.16. The first-order valence-electron chi connectivity index (χ1n) is 12.8. The maximum Gasteiger partial charge on any atom is 0.334 e. The third kappa shape index (κ3) is 8.51. The van der Waals surface area contributed by atoms with Crippen LogP contribution in [0.3, 0.4) is 0 Å². The Balaban J connectivity index is 1.64. The second kappa shape index (κ2) is 14.0. The normalized spacial score (nSPS) is 12.0. The number of anilines is 2. The van der Waals surface area contributed by atoms with Crippen LogP contribution in [0.5, 0.6) is 11.5 Å². The molecule has 0 aromatic heterocycles. The van der Waals surface area contributed by atoms with Crippen molar-refractivity contribution in [1.29, 1.82) is 0 Å². The average Bonchev–Trinajstić information content (AvgIpc) is 3.01. The number of rotatable bonds is 12. The number of non-ortho nitro benzene ring substituents is 1. The summed E-state index contributed by atoms with van der Waals surface area (Å²) in [4.78, 5) is 8.84. The van der Waals surface area contributed by atoms with Gasteiger partial charge in [0.1, 0.15) is 38.4 Å². The van der Waals surface area contributed by atoms with Crippen molar-refractivity contribution >= 4 is 71.9 Å². The van der Waals surface area contributed by atoms with Crippen LogP contribution < -0.4 is 20.3 Å². The van der Waals surface area contributed by atoms with E-state index in [1.807, 2.05) is 0 Å². The summed E-state index contributed by atoms with van der Waals surface area (Å²) < 4.78 is 84.9. The first kappa shape index (κ1) is 34.6. The summed E-state index contributed by atoms with van der Waals surface area (Å²) in [5.74, 6) is 0.353. The lowest BCUT2D eigenvalue weighted by Crippen LogP contribution is -2.10. The molecule has 0 aliphatic heterocycles. The second-order valence-corrected chi connectivity index (χ2v) is 12.3. The van der Waals surface area contributed by atoms with Gasteiger partial charge < -0.3 is 14.9 Å². The van der Waals surface area contributed by atoms with E-state index in [-0.39, 0.29) is 45.0 Å². The lowest BCUT2D eigenvalue weighted by atomic mass is 10.2. The molecule has 0 aliphatic rings. The van der Waals surface area contributed by atoms with Crippen molar-refractivity contribution in [2.45, 2.75) is 16.7 Å². The van der Waals surface area contributed by atoms with E-state index in [1.165, 1.54) is 57.5 Å². The number of hydrazine groups is 1. The van der Waals surface area contributed by atoms with Crippen molar-refractivity contribution in [3.63, 3.8) is 0 Å². The molecule has 47 heavy (non-hydrogen) atoms. The Morgan fingerprint density at radius 3 is 2.04 bits per heavy atom. The highest BCUT2D eigenvalue weighted by Crippen LogP contribution is 2.41. The largest absolute Gasteiger partial charge is 0.494 e. The Kier molecular flexibility index (Phi) is 10.3. The van der Waals surface area contributed by atoms with E-state index in [1.54, 1.807) is 0 Å². The molecule has 0 atom stereocenters. The van der Waals surface area contributed by atoms with Crippen molar-refractivity contribution < 1.29 is 39.0 Å². The minimum absolute atomic E-state index is 0.0312. The molecular formula is C27H22ClF2N7O8S2. The number of halogens is 3. The number of hydrogen-bond acceptors (Lipinski definition) is 14. The van der Waals surface area contributed by atoms with Gasteiger partial charge in [-0.25, -0.2) is 0 Å². The number of benzene rings is 4. The molecule has 0 saturated carbocycles. The van der Waals surface area contributed by atoms with Crippen LogP contribution in [0.25, 0.3) is 0 Å². The van der Waals surface area contributed by atoms with Crippen molar-refractivity contribution in [2.24, 2.45) is 20.5 Å². The second-order valence-electron chi connectivity index (χ2n) is 9.28. The van der Waals surface area contributed by atoms with Crippen molar-refractivity contribution in [3.8, 4) is 11.5 Å².